The minimum atomic E-state index is -0.533. The molecule has 2 aliphatic rings. The molecule has 0 radical (unpaired) electrons. The SMILES string of the molecule is COc1cc(/C=C2\SC(=O)N(CC(=O)N3CCc4ccccc4C3)C2=O)c(Br)cc1OCC(=O)Nc1ccc(C)cc1. The van der Waals surface area contributed by atoms with Crippen LogP contribution in [0.1, 0.15) is 22.3 Å². The van der Waals surface area contributed by atoms with E-state index < -0.39 is 11.1 Å². The fraction of sp³-hybridized carbons (Fsp3) is 0.226. The maximum atomic E-state index is 13.1. The lowest BCUT2D eigenvalue weighted by atomic mass is 10.00. The molecule has 2 heterocycles. The minimum absolute atomic E-state index is 0.186. The van der Waals surface area contributed by atoms with Gasteiger partial charge >= 0.3 is 0 Å². The first-order valence-corrected chi connectivity index (χ1v) is 14.8. The number of ether oxygens (including phenoxy) is 2. The van der Waals surface area contributed by atoms with Crippen LogP contribution in [-0.2, 0) is 27.3 Å². The van der Waals surface area contributed by atoms with Crippen molar-refractivity contribution in [1.82, 2.24) is 9.80 Å². The largest absolute Gasteiger partial charge is 0.493 e. The molecule has 1 N–H and O–H groups in total. The van der Waals surface area contributed by atoms with Crippen molar-refractivity contribution in [3.05, 3.63) is 92.3 Å². The summed E-state index contributed by atoms with van der Waals surface area (Å²) in [6.07, 6.45) is 2.30. The number of benzene rings is 3. The summed E-state index contributed by atoms with van der Waals surface area (Å²) in [5.74, 6) is -0.480. The Morgan fingerprint density at radius 3 is 2.52 bits per heavy atom. The van der Waals surface area contributed by atoms with Crippen LogP contribution in [0.5, 0.6) is 11.5 Å². The smallest absolute Gasteiger partial charge is 0.294 e. The van der Waals surface area contributed by atoms with Crippen molar-refractivity contribution in [3.63, 3.8) is 0 Å². The summed E-state index contributed by atoms with van der Waals surface area (Å²) < 4.78 is 11.7. The van der Waals surface area contributed by atoms with Gasteiger partial charge in [0.1, 0.15) is 6.54 Å². The van der Waals surface area contributed by atoms with E-state index in [2.05, 4.69) is 21.2 Å². The zero-order valence-corrected chi connectivity index (χ0v) is 25.4. The van der Waals surface area contributed by atoms with Gasteiger partial charge in [0.05, 0.1) is 12.0 Å². The van der Waals surface area contributed by atoms with E-state index in [4.69, 9.17) is 9.47 Å². The van der Waals surface area contributed by atoms with Gasteiger partial charge in [0, 0.05) is 23.2 Å². The molecular formula is C31H28BrN3O6S. The Hall–Kier alpha value is -4.09. The zero-order valence-electron chi connectivity index (χ0n) is 23.0. The van der Waals surface area contributed by atoms with E-state index in [1.165, 1.54) is 12.7 Å². The van der Waals surface area contributed by atoms with Gasteiger partial charge in [-0.15, -0.1) is 0 Å². The molecule has 4 amide bonds. The molecular weight excluding hydrogens is 622 g/mol. The number of nitrogens with zero attached hydrogens (tertiary/aromatic N) is 2. The molecule has 3 aromatic rings. The van der Waals surface area contributed by atoms with Crippen molar-refractivity contribution in [2.24, 2.45) is 0 Å². The minimum Gasteiger partial charge on any atom is -0.493 e. The molecule has 0 unspecified atom stereocenters. The van der Waals surface area contributed by atoms with Crippen molar-refractivity contribution < 1.29 is 28.7 Å². The molecule has 0 atom stereocenters. The lowest BCUT2D eigenvalue weighted by Crippen LogP contribution is -2.44. The van der Waals surface area contributed by atoms with Gasteiger partial charge in [0.25, 0.3) is 17.1 Å². The third-order valence-electron chi connectivity index (χ3n) is 6.91. The van der Waals surface area contributed by atoms with Crippen molar-refractivity contribution >= 4 is 62.4 Å². The quantitative estimate of drug-likeness (QED) is 0.326. The maximum absolute atomic E-state index is 13.1. The summed E-state index contributed by atoms with van der Waals surface area (Å²) in [6, 6.07) is 18.6. The first kappa shape index (κ1) is 29.4. The number of carbonyl (C=O) groups is 4. The van der Waals surface area contributed by atoms with Crippen LogP contribution < -0.4 is 14.8 Å². The number of fused-ring (bicyclic) bond motifs is 1. The molecule has 9 nitrogen and oxygen atoms in total. The highest BCUT2D eigenvalue weighted by atomic mass is 79.9. The van der Waals surface area contributed by atoms with E-state index in [1.807, 2.05) is 55.5 Å². The number of thioether (sulfide) groups is 1. The summed E-state index contributed by atoms with van der Waals surface area (Å²) in [5, 5.41) is 2.27. The van der Waals surface area contributed by atoms with Crippen molar-refractivity contribution in [2.45, 2.75) is 19.9 Å². The Bertz CT molecular complexity index is 1590. The number of aryl methyl sites for hydroxylation is 1. The van der Waals surface area contributed by atoms with Gasteiger partial charge in [0.15, 0.2) is 18.1 Å². The number of amides is 4. The van der Waals surface area contributed by atoms with Crippen LogP contribution >= 0.6 is 27.7 Å². The predicted molar refractivity (Wildman–Crippen MR) is 164 cm³/mol. The second-order valence-electron chi connectivity index (χ2n) is 9.83. The molecule has 0 aromatic heterocycles. The molecule has 0 saturated carbocycles. The molecule has 0 bridgehead atoms. The van der Waals surface area contributed by atoms with Gasteiger partial charge in [-0.2, -0.15) is 0 Å². The third kappa shape index (κ3) is 6.69. The molecule has 1 saturated heterocycles. The number of hydrogen-bond donors (Lipinski definition) is 1. The Labute approximate surface area is 256 Å². The predicted octanol–water partition coefficient (Wildman–Crippen LogP) is 5.40. The average molecular weight is 651 g/mol. The van der Waals surface area contributed by atoms with Gasteiger partial charge in [-0.3, -0.25) is 24.1 Å². The number of halogens is 1. The van der Waals surface area contributed by atoms with Crippen LogP contribution in [0.15, 0.2) is 70.0 Å². The Morgan fingerprint density at radius 2 is 1.79 bits per heavy atom. The Morgan fingerprint density at radius 1 is 1.05 bits per heavy atom. The highest BCUT2D eigenvalue weighted by molar-refractivity contribution is 9.10. The number of methoxy groups -OCH3 is 1. The number of carbonyl (C=O) groups excluding carboxylic acids is 4. The number of hydrogen-bond acceptors (Lipinski definition) is 7. The van der Waals surface area contributed by atoms with Crippen molar-refractivity contribution in [2.75, 3.05) is 32.1 Å². The van der Waals surface area contributed by atoms with Gasteiger partial charge < -0.3 is 19.7 Å². The van der Waals surface area contributed by atoms with Gasteiger partial charge in [-0.25, -0.2) is 0 Å². The summed E-state index contributed by atoms with van der Waals surface area (Å²) in [7, 11) is 1.46. The molecule has 216 valence electrons. The van der Waals surface area contributed by atoms with Crippen molar-refractivity contribution in [3.8, 4) is 11.5 Å². The van der Waals surface area contributed by atoms with E-state index >= 15 is 0 Å². The highest BCUT2D eigenvalue weighted by Gasteiger charge is 2.37. The summed E-state index contributed by atoms with van der Waals surface area (Å²) in [5.41, 5.74) is 4.59. The van der Waals surface area contributed by atoms with E-state index in [0.717, 1.165) is 34.2 Å². The molecule has 11 heteroatoms. The zero-order chi connectivity index (χ0) is 29.8. The van der Waals surface area contributed by atoms with Crippen LogP contribution in [0.3, 0.4) is 0 Å². The number of nitrogens with one attached hydrogen (secondary N) is 1. The van der Waals surface area contributed by atoms with Crippen LogP contribution in [-0.4, -0.2) is 59.6 Å². The summed E-state index contributed by atoms with van der Waals surface area (Å²) in [4.78, 5) is 54.1. The third-order valence-corrected chi connectivity index (χ3v) is 8.51. The highest BCUT2D eigenvalue weighted by Crippen LogP contribution is 2.38. The number of anilines is 1. The molecule has 0 aliphatic carbocycles. The normalized spacial score (nSPS) is 15.5. The molecule has 1 fully saturated rings. The molecule has 42 heavy (non-hydrogen) atoms. The van der Waals surface area contributed by atoms with Gasteiger partial charge in [-0.1, -0.05) is 57.9 Å². The van der Waals surface area contributed by atoms with Crippen LogP contribution in [0.2, 0.25) is 0 Å². The number of rotatable bonds is 8. The summed E-state index contributed by atoms with van der Waals surface area (Å²) >= 11 is 4.26. The van der Waals surface area contributed by atoms with Crippen molar-refractivity contribution in [1.29, 1.82) is 0 Å². The van der Waals surface area contributed by atoms with Gasteiger partial charge in [0.2, 0.25) is 5.91 Å². The van der Waals surface area contributed by atoms with Crippen LogP contribution in [0.4, 0.5) is 10.5 Å². The topological polar surface area (TPSA) is 105 Å². The van der Waals surface area contributed by atoms with Crippen LogP contribution in [0.25, 0.3) is 6.08 Å². The average Bonchev–Trinajstić information content (AvgIpc) is 3.25. The summed E-state index contributed by atoms with van der Waals surface area (Å²) in [6.45, 7) is 2.40. The fourth-order valence-electron chi connectivity index (χ4n) is 4.63. The lowest BCUT2D eigenvalue weighted by Gasteiger charge is -2.29. The fourth-order valence-corrected chi connectivity index (χ4v) is 5.90. The first-order chi connectivity index (χ1) is 20.2. The monoisotopic (exact) mass is 649 g/mol. The van der Waals surface area contributed by atoms with E-state index in [0.29, 0.717) is 40.3 Å². The van der Waals surface area contributed by atoms with E-state index in [1.54, 1.807) is 23.1 Å². The van der Waals surface area contributed by atoms with E-state index in [9.17, 15) is 19.2 Å². The standard InChI is InChI=1S/C31H28BrN3O6S/c1-19-7-9-23(10-8-19)33-28(36)18-41-26-15-24(32)22(13-25(26)40-2)14-27-30(38)35(31(39)42-27)17-29(37)34-12-11-20-5-3-4-6-21(20)16-34/h3-10,13-15H,11-12,16-18H2,1-2H3,(H,33,36)/b27-14-. The van der Waals surface area contributed by atoms with E-state index in [-0.39, 0.29) is 29.9 Å². The lowest BCUT2D eigenvalue weighted by molar-refractivity contribution is -0.136. The molecule has 3 aromatic carbocycles. The molecule has 0 spiro atoms. The second-order valence-corrected chi connectivity index (χ2v) is 11.7. The second kappa shape index (κ2) is 12.8. The Balaban J connectivity index is 1.23. The maximum Gasteiger partial charge on any atom is 0.294 e. The molecule has 5 rings (SSSR count). The first-order valence-electron chi connectivity index (χ1n) is 13.2. The number of imide groups is 1. The Kier molecular flexibility index (Phi) is 8.98. The van der Waals surface area contributed by atoms with Crippen LogP contribution in [0, 0.1) is 6.92 Å². The molecule has 2 aliphatic heterocycles. The van der Waals surface area contributed by atoms with Gasteiger partial charge in [-0.05, 0) is 72.1 Å².